The van der Waals surface area contributed by atoms with E-state index in [0.29, 0.717) is 17.7 Å². The molecule has 0 atom stereocenters. The minimum atomic E-state index is -4.73. The zero-order valence-electron chi connectivity index (χ0n) is 19.3. The Morgan fingerprint density at radius 2 is 1.42 bits per heavy atom. The fourth-order valence-electron chi connectivity index (χ4n) is 3.87. The van der Waals surface area contributed by atoms with Crippen molar-refractivity contribution in [2.24, 2.45) is 0 Å². The summed E-state index contributed by atoms with van der Waals surface area (Å²) < 4.78 is 107. The summed E-state index contributed by atoms with van der Waals surface area (Å²) in [6, 6.07) is 10.5. The van der Waals surface area contributed by atoms with Crippen molar-refractivity contribution in [3.8, 4) is 0 Å². The number of alkyl halides is 6. The lowest BCUT2D eigenvalue weighted by Gasteiger charge is -2.29. The van der Waals surface area contributed by atoms with E-state index in [4.69, 9.17) is 0 Å². The molecule has 1 aromatic heterocycles. The Morgan fingerprint density at radius 3 is 2.00 bits per heavy atom. The van der Waals surface area contributed by atoms with Gasteiger partial charge in [0.05, 0.1) is 16.0 Å². The van der Waals surface area contributed by atoms with E-state index in [2.05, 4.69) is 4.98 Å². The minimum Gasteiger partial charge on any atom is -0.289 e. The normalized spacial score (nSPS) is 17.8. The first-order valence-electron chi connectivity index (χ1n) is 11.0. The van der Waals surface area contributed by atoms with Gasteiger partial charge in [0.2, 0.25) is 10.0 Å². The monoisotopic (exact) mass is 552 g/mol. The highest BCUT2D eigenvalue weighted by molar-refractivity contribution is 7.89. The second-order valence-corrected chi connectivity index (χ2v) is 10.3. The Hall–Kier alpha value is -3.77. The summed E-state index contributed by atoms with van der Waals surface area (Å²) in [5, 5.41) is 0. The Kier molecular flexibility index (Phi) is 7.31. The number of nitrogens with zero attached hydrogens (tertiary/aromatic N) is 2. The Labute approximate surface area is 213 Å². The summed E-state index contributed by atoms with van der Waals surface area (Å²) in [5.41, 5.74) is -2.24. The third-order valence-corrected chi connectivity index (χ3v) is 7.52. The molecular formula is C26H18F6N2O3S. The molecule has 0 amide bonds. The summed E-state index contributed by atoms with van der Waals surface area (Å²) in [4.78, 5) is 16.7. The number of carbonyl (C=O) groups is 1. The molecule has 0 aliphatic carbocycles. The number of piperidine rings is 1. The smallest absolute Gasteiger partial charge is 0.289 e. The predicted octanol–water partition coefficient (Wildman–Crippen LogP) is 5.86. The molecule has 3 aromatic rings. The molecule has 1 aliphatic heterocycles. The summed E-state index contributed by atoms with van der Waals surface area (Å²) in [5.74, 6) is -0.662. The van der Waals surface area contributed by atoms with Crippen LogP contribution in [0.3, 0.4) is 0 Å². The number of rotatable bonds is 4. The van der Waals surface area contributed by atoms with Crippen LogP contribution in [-0.2, 0) is 27.2 Å². The topological polar surface area (TPSA) is 67.3 Å². The third-order valence-electron chi connectivity index (χ3n) is 5.72. The highest BCUT2D eigenvalue weighted by Gasteiger charge is 2.37. The van der Waals surface area contributed by atoms with Gasteiger partial charge in [-0.3, -0.25) is 9.78 Å². The number of hydrogen-bond acceptors (Lipinski definition) is 4. The Bertz CT molecular complexity index is 1510. The van der Waals surface area contributed by atoms with Crippen LogP contribution in [0.15, 0.2) is 89.1 Å². The van der Waals surface area contributed by atoms with Gasteiger partial charge in [0.15, 0.2) is 5.78 Å². The van der Waals surface area contributed by atoms with E-state index in [0.717, 1.165) is 34.6 Å². The molecule has 0 spiro atoms. The van der Waals surface area contributed by atoms with E-state index in [1.807, 2.05) is 0 Å². The van der Waals surface area contributed by atoms with Gasteiger partial charge < -0.3 is 0 Å². The van der Waals surface area contributed by atoms with Gasteiger partial charge in [-0.25, -0.2) is 8.42 Å². The molecule has 0 saturated carbocycles. The zero-order chi connectivity index (χ0) is 27.7. The number of benzene rings is 2. The van der Waals surface area contributed by atoms with E-state index >= 15 is 0 Å². The number of hydrogen-bond donors (Lipinski definition) is 0. The molecule has 1 aliphatic rings. The van der Waals surface area contributed by atoms with Crippen LogP contribution >= 0.6 is 0 Å². The van der Waals surface area contributed by atoms with Gasteiger partial charge in [0.1, 0.15) is 0 Å². The van der Waals surface area contributed by atoms with Crippen LogP contribution in [0.4, 0.5) is 26.3 Å². The first-order valence-corrected chi connectivity index (χ1v) is 12.4. The first-order chi connectivity index (χ1) is 17.8. The standard InChI is InChI=1S/C26H18F6N2O3S/c27-25(28,29)21-7-9-22(10-8-21)38(36,37)34-15-19(12-17-4-3-11-33-14-17)24(35)20(16-34)13-18-5-1-2-6-23(18)26(30,31)32/h1-14H,15-16H2/b19-12+,20-13+. The van der Waals surface area contributed by atoms with Crippen LogP contribution < -0.4 is 0 Å². The van der Waals surface area contributed by atoms with Gasteiger partial charge in [-0.2, -0.15) is 30.6 Å². The van der Waals surface area contributed by atoms with Gasteiger partial charge in [-0.05, 0) is 59.7 Å². The molecule has 2 aromatic carbocycles. The number of ketones is 1. The molecular weight excluding hydrogens is 534 g/mol. The van der Waals surface area contributed by atoms with Gasteiger partial charge in [0, 0.05) is 36.6 Å². The minimum absolute atomic E-state index is 0.0459. The van der Waals surface area contributed by atoms with Crippen molar-refractivity contribution in [1.29, 1.82) is 0 Å². The maximum absolute atomic E-state index is 13.5. The maximum Gasteiger partial charge on any atom is 0.416 e. The SMILES string of the molecule is O=C1/C(=C/c2cccnc2)CN(S(=O)(=O)c2ccc(C(F)(F)F)cc2)C/C1=C\c1ccccc1C(F)(F)F. The molecule has 0 N–H and O–H groups in total. The van der Waals surface area contributed by atoms with Crippen molar-refractivity contribution in [2.75, 3.05) is 13.1 Å². The van der Waals surface area contributed by atoms with Crippen LogP contribution in [-0.4, -0.2) is 36.6 Å². The van der Waals surface area contributed by atoms with Crippen molar-refractivity contribution in [3.63, 3.8) is 0 Å². The third kappa shape index (κ3) is 5.86. The lowest BCUT2D eigenvalue weighted by atomic mass is 9.94. The molecule has 38 heavy (non-hydrogen) atoms. The van der Waals surface area contributed by atoms with Gasteiger partial charge >= 0.3 is 12.4 Å². The average Bonchev–Trinajstić information content (AvgIpc) is 2.86. The molecule has 1 fully saturated rings. The molecule has 2 heterocycles. The number of sulfonamides is 1. The number of halogens is 6. The first kappa shape index (κ1) is 27.3. The highest BCUT2D eigenvalue weighted by atomic mass is 32.2. The molecule has 4 rings (SSSR count). The quantitative estimate of drug-likeness (QED) is 0.301. The summed E-state index contributed by atoms with van der Waals surface area (Å²) in [6.07, 6.45) is -4.17. The largest absolute Gasteiger partial charge is 0.416 e. The Balaban J connectivity index is 1.80. The molecule has 0 bridgehead atoms. The predicted molar refractivity (Wildman–Crippen MR) is 127 cm³/mol. The van der Waals surface area contributed by atoms with E-state index in [9.17, 15) is 39.6 Å². The second-order valence-electron chi connectivity index (χ2n) is 8.33. The van der Waals surface area contributed by atoms with E-state index in [1.165, 1.54) is 30.6 Å². The zero-order valence-corrected chi connectivity index (χ0v) is 20.1. The molecule has 0 unspecified atom stereocenters. The fourth-order valence-corrected chi connectivity index (χ4v) is 5.27. The van der Waals surface area contributed by atoms with Crippen LogP contribution in [0.5, 0.6) is 0 Å². The van der Waals surface area contributed by atoms with Crippen LogP contribution in [0, 0.1) is 0 Å². The van der Waals surface area contributed by atoms with Crippen molar-refractivity contribution >= 4 is 28.0 Å². The average molecular weight is 552 g/mol. The lowest BCUT2D eigenvalue weighted by molar-refractivity contribution is -0.138. The van der Waals surface area contributed by atoms with Crippen LogP contribution in [0.2, 0.25) is 0 Å². The fraction of sp³-hybridized carbons (Fsp3) is 0.154. The molecule has 5 nitrogen and oxygen atoms in total. The summed E-state index contributed by atoms with van der Waals surface area (Å²) >= 11 is 0. The molecule has 12 heteroatoms. The van der Waals surface area contributed by atoms with Crippen LogP contribution in [0.1, 0.15) is 22.3 Å². The lowest BCUT2D eigenvalue weighted by Crippen LogP contribution is -2.41. The summed E-state index contributed by atoms with van der Waals surface area (Å²) in [6.45, 7) is -1.03. The van der Waals surface area contributed by atoms with Crippen LogP contribution in [0.25, 0.3) is 12.2 Å². The van der Waals surface area contributed by atoms with Crippen molar-refractivity contribution < 1.29 is 39.6 Å². The highest BCUT2D eigenvalue weighted by Crippen LogP contribution is 2.35. The van der Waals surface area contributed by atoms with Gasteiger partial charge in [0.25, 0.3) is 0 Å². The number of aromatic nitrogens is 1. The van der Waals surface area contributed by atoms with E-state index < -0.39 is 57.3 Å². The second kappa shape index (κ2) is 10.2. The molecule has 198 valence electrons. The number of pyridine rings is 1. The summed E-state index contributed by atoms with van der Waals surface area (Å²) in [7, 11) is -4.44. The maximum atomic E-state index is 13.5. The number of Topliss-reactive ketones (excluding diaryl/α,β-unsaturated/α-hetero) is 1. The molecule has 1 saturated heterocycles. The van der Waals surface area contributed by atoms with Crippen molar-refractivity contribution in [3.05, 3.63) is 106 Å². The van der Waals surface area contributed by atoms with Gasteiger partial charge in [-0.15, -0.1) is 0 Å². The van der Waals surface area contributed by atoms with Gasteiger partial charge in [-0.1, -0.05) is 24.3 Å². The number of carbonyl (C=O) groups excluding carboxylic acids is 1. The van der Waals surface area contributed by atoms with E-state index in [1.54, 1.807) is 12.1 Å². The Morgan fingerprint density at radius 1 is 0.789 bits per heavy atom. The van der Waals surface area contributed by atoms with Crippen molar-refractivity contribution in [2.45, 2.75) is 17.2 Å². The van der Waals surface area contributed by atoms with E-state index in [-0.39, 0.29) is 16.7 Å². The van der Waals surface area contributed by atoms with Crippen molar-refractivity contribution in [1.82, 2.24) is 9.29 Å². The molecule has 0 radical (unpaired) electrons.